The van der Waals surface area contributed by atoms with E-state index in [1.54, 1.807) is 0 Å². The summed E-state index contributed by atoms with van der Waals surface area (Å²) < 4.78 is 0. The number of benzene rings is 1. The first-order valence-electron chi connectivity index (χ1n) is 3.58. The van der Waals surface area contributed by atoms with Crippen molar-refractivity contribution in [3.05, 3.63) is 29.8 Å². The fourth-order valence-corrected chi connectivity index (χ4v) is 1.34. The van der Waals surface area contributed by atoms with Gasteiger partial charge in [0.15, 0.2) is 0 Å². The van der Waals surface area contributed by atoms with Crippen LogP contribution in [0.5, 0.6) is 0 Å². The number of aliphatic hydroxyl groups is 1. The van der Waals surface area contributed by atoms with Crippen LogP contribution in [0.1, 0.15) is 11.6 Å². The third-order valence-corrected chi connectivity index (χ3v) is 1.96. The van der Waals surface area contributed by atoms with E-state index in [0.717, 1.165) is 11.3 Å². The largest absolute Gasteiger partial charge is 0.372 e. The van der Waals surface area contributed by atoms with Crippen molar-refractivity contribution in [2.24, 2.45) is 5.73 Å². The molecule has 0 saturated heterocycles. The van der Waals surface area contributed by atoms with E-state index < -0.39 is 6.23 Å². The average Bonchev–Trinajstić information content (AvgIpc) is 2.30. The highest BCUT2D eigenvalue weighted by molar-refractivity contribution is 5.57. The number of hydrogen-bond acceptors (Lipinski definition) is 3. The molecule has 58 valence electrons. The maximum atomic E-state index is 9.28. The van der Waals surface area contributed by atoms with Gasteiger partial charge in [-0.2, -0.15) is 0 Å². The monoisotopic (exact) mass is 150 g/mol. The minimum atomic E-state index is -0.632. The molecule has 0 fully saturated rings. The van der Waals surface area contributed by atoms with E-state index in [2.05, 4.69) is 5.32 Å². The lowest BCUT2D eigenvalue weighted by molar-refractivity contribution is 0.182. The van der Waals surface area contributed by atoms with Crippen LogP contribution in [0.25, 0.3) is 0 Å². The number of nitrogens with two attached hydrogens (primary N) is 1. The summed E-state index contributed by atoms with van der Waals surface area (Å²) in [6.07, 6.45) is -0.632. The van der Waals surface area contributed by atoms with Crippen molar-refractivity contribution in [1.29, 1.82) is 0 Å². The van der Waals surface area contributed by atoms with Gasteiger partial charge in [0.25, 0.3) is 0 Å². The Morgan fingerprint density at radius 1 is 1.36 bits per heavy atom. The summed E-state index contributed by atoms with van der Waals surface area (Å²) in [4.78, 5) is 0. The predicted molar refractivity (Wildman–Crippen MR) is 43.0 cm³/mol. The zero-order valence-electron chi connectivity index (χ0n) is 5.99. The molecule has 0 aromatic heterocycles. The van der Waals surface area contributed by atoms with Crippen molar-refractivity contribution in [3.8, 4) is 0 Å². The molecule has 1 aliphatic rings. The Balaban J connectivity index is 2.47. The molecule has 3 nitrogen and oxygen atoms in total. The van der Waals surface area contributed by atoms with Gasteiger partial charge in [-0.05, 0) is 11.6 Å². The fraction of sp³-hybridized carbons (Fsp3) is 0.250. The normalized spacial score (nSPS) is 27.8. The van der Waals surface area contributed by atoms with E-state index >= 15 is 0 Å². The van der Waals surface area contributed by atoms with Gasteiger partial charge in [0.2, 0.25) is 0 Å². The summed E-state index contributed by atoms with van der Waals surface area (Å²) in [5, 5.41) is 12.2. The summed E-state index contributed by atoms with van der Waals surface area (Å²) in [5.74, 6) is 0. The van der Waals surface area contributed by atoms with E-state index in [1.165, 1.54) is 0 Å². The van der Waals surface area contributed by atoms with Crippen molar-refractivity contribution < 1.29 is 5.11 Å². The summed E-state index contributed by atoms with van der Waals surface area (Å²) >= 11 is 0. The quantitative estimate of drug-likeness (QED) is 0.502. The molecule has 1 aliphatic heterocycles. The van der Waals surface area contributed by atoms with Crippen LogP contribution >= 0.6 is 0 Å². The van der Waals surface area contributed by atoms with E-state index in [9.17, 15) is 5.11 Å². The fourth-order valence-electron chi connectivity index (χ4n) is 1.34. The number of nitrogens with one attached hydrogen (secondary N) is 1. The second-order valence-corrected chi connectivity index (χ2v) is 2.70. The standard InChI is InChI=1S/C8H10N2O/c9-7-5-3-1-2-4-6(5)10-8(7)11/h1-4,7-8,10-11H,9H2. The molecule has 2 rings (SSSR count). The van der Waals surface area contributed by atoms with Crippen LogP contribution in [0.4, 0.5) is 5.69 Å². The van der Waals surface area contributed by atoms with Gasteiger partial charge in [-0.3, -0.25) is 0 Å². The molecule has 4 N–H and O–H groups in total. The van der Waals surface area contributed by atoms with Gasteiger partial charge >= 0.3 is 0 Å². The van der Waals surface area contributed by atoms with Crippen LogP contribution in [0.15, 0.2) is 24.3 Å². The van der Waals surface area contributed by atoms with Crippen LogP contribution in [-0.4, -0.2) is 11.3 Å². The van der Waals surface area contributed by atoms with E-state index in [-0.39, 0.29) is 6.04 Å². The minimum absolute atomic E-state index is 0.286. The van der Waals surface area contributed by atoms with E-state index in [4.69, 9.17) is 5.73 Å². The summed E-state index contributed by atoms with van der Waals surface area (Å²) in [7, 11) is 0. The Labute approximate surface area is 64.8 Å². The lowest BCUT2D eigenvalue weighted by atomic mass is 10.1. The van der Waals surface area contributed by atoms with Crippen molar-refractivity contribution in [3.63, 3.8) is 0 Å². The Morgan fingerprint density at radius 3 is 2.82 bits per heavy atom. The van der Waals surface area contributed by atoms with E-state index in [1.807, 2.05) is 24.3 Å². The first kappa shape index (κ1) is 6.64. The molecule has 1 heterocycles. The lowest BCUT2D eigenvalue weighted by Gasteiger charge is -2.07. The summed E-state index contributed by atoms with van der Waals surface area (Å²) in [6.45, 7) is 0. The number of rotatable bonds is 0. The number of aliphatic hydroxyl groups excluding tert-OH is 1. The second-order valence-electron chi connectivity index (χ2n) is 2.70. The molecule has 1 aromatic carbocycles. The lowest BCUT2D eigenvalue weighted by Crippen LogP contribution is -2.25. The Hall–Kier alpha value is -1.06. The Kier molecular flexibility index (Phi) is 1.34. The zero-order valence-corrected chi connectivity index (χ0v) is 5.99. The molecule has 2 unspecified atom stereocenters. The van der Waals surface area contributed by atoms with Gasteiger partial charge in [-0.15, -0.1) is 0 Å². The highest BCUT2D eigenvalue weighted by atomic mass is 16.3. The van der Waals surface area contributed by atoms with Gasteiger partial charge in [-0.25, -0.2) is 0 Å². The highest BCUT2D eigenvalue weighted by Gasteiger charge is 2.26. The summed E-state index contributed by atoms with van der Waals surface area (Å²) in [6, 6.07) is 7.37. The maximum absolute atomic E-state index is 9.28. The highest BCUT2D eigenvalue weighted by Crippen LogP contribution is 2.30. The third-order valence-electron chi connectivity index (χ3n) is 1.96. The topological polar surface area (TPSA) is 58.3 Å². The molecule has 0 radical (unpaired) electrons. The van der Waals surface area contributed by atoms with Gasteiger partial charge in [-0.1, -0.05) is 18.2 Å². The van der Waals surface area contributed by atoms with Crippen molar-refractivity contribution in [2.45, 2.75) is 12.3 Å². The smallest absolute Gasteiger partial charge is 0.144 e. The van der Waals surface area contributed by atoms with Gasteiger partial charge in [0, 0.05) is 5.69 Å². The van der Waals surface area contributed by atoms with Crippen LogP contribution in [0.2, 0.25) is 0 Å². The number of fused-ring (bicyclic) bond motifs is 1. The SMILES string of the molecule is NC1c2ccccc2NC1O. The molecule has 0 amide bonds. The number of para-hydroxylation sites is 1. The Bertz CT molecular complexity index is 275. The molecular weight excluding hydrogens is 140 g/mol. The summed E-state index contributed by atoms with van der Waals surface area (Å²) in [5.41, 5.74) is 7.60. The van der Waals surface area contributed by atoms with Crippen molar-refractivity contribution >= 4 is 5.69 Å². The molecule has 2 atom stereocenters. The number of anilines is 1. The molecule has 0 bridgehead atoms. The molecule has 11 heavy (non-hydrogen) atoms. The van der Waals surface area contributed by atoms with Crippen LogP contribution in [-0.2, 0) is 0 Å². The first-order valence-corrected chi connectivity index (χ1v) is 3.58. The van der Waals surface area contributed by atoms with Gasteiger partial charge in [0.1, 0.15) is 6.23 Å². The maximum Gasteiger partial charge on any atom is 0.144 e. The first-order chi connectivity index (χ1) is 5.29. The molecule has 0 spiro atoms. The van der Waals surface area contributed by atoms with Crippen molar-refractivity contribution in [1.82, 2.24) is 0 Å². The van der Waals surface area contributed by atoms with Gasteiger partial charge in [0.05, 0.1) is 6.04 Å². The molecule has 1 aromatic rings. The third kappa shape index (κ3) is 0.895. The Morgan fingerprint density at radius 2 is 2.09 bits per heavy atom. The average molecular weight is 150 g/mol. The van der Waals surface area contributed by atoms with Crippen LogP contribution in [0, 0.1) is 0 Å². The van der Waals surface area contributed by atoms with Gasteiger partial charge < -0.3 is 16.2 Å². The molecule has 0 saturated carbocycles. The zero-order chi connectivity index (χ0) is 7.84. The molecular formula is C8H10N2O. The van der Waals surface area contributed by atoms with Crippen LogP contribution < -0.4 is 11.1 Å². The van der Waals surface area contributed by atoms with Crippen LogP contribution in [0.3, 0.4) is 0 Å². The number of hydrogen-bond donors (Lipinski definition) is 3. The molecule has 0 aliphatic carbocycles. The molecule has 3 heteroatoms. The minimum Gasteiger partial charge on any atom is -0.372 e. The van der Waals surface area contributed by atoms with Crippen molar-refractivity contribution in [2.75, 3.05) is 5.32 Å². The second kappa shape index (κ2) is 2.22. The van der Waals surface area contributed by atoms with E-state index in [0.29, 0.717) is 0 Å². The predicted octanol–water partition coefficient (Wildman–Crippen LogP) is 0.430.